The molecule has 5 nitrogen and oxygen atoms in total. The van der Waals surface area contributed by atoms with Gasteiger partial charge >= 0.3 is 0 Å². The van der Waals surface area contributed by atoms with Crippen LogP contribution in [0.25, 0.3) is 0 Å². The van der Waals surface area contributed by atoms with Gasteiger partial charge in [-0.2, -0.15) is 5.26 Å². The summed E-state index contributed by atoms with van der Waals surface area (Å²) in [4.78, 5) is 0. The number of aromatic nitrogens is 2. The molecule has 0 saturated carbocycles. The summed E-state index contributed by atoms with van der Waals surface area (Å²) < 4.78 is 5.42. The zero-order chi connectivity index (χ0) is 14.1. The number of aromatic amines is 1. The van der Waals surface area contributed by atoms with E-state index in [4.69, 9.17) is 10.5 Å². The van der Waals surface area contributed by atoms with Gasteiger partial charge in [-0.25, -0.2) is 0 Å². The number of benzene rings is 1. The first kappa shape index (κ1) is 12.3. The maximum atomic E-state index is 9.37. The quantitative estimate of drug-likeness (QED) is 0.871. The number of fused-ring (bicyclic) bond motifs is 1. The van der Waals surface area contributed by atoms with Crippen LogP contribution in [-0.4, -0.2) is 10.2 Å². The standard InChI is InChI=1S/C15H14N4O/c1-9-13-11(7-10-5-3-2-4-6-10)12(8-16)14(17)20-15(13)19-18-9/h2-6,11H,7,17H2,1H3,(H,18,19)/t11-/m0/s1. The number of nitriles is 1. The molecule has 20 heavy (non-hydrogen) atoms. The summed E-state index contributed by atoms with van der Waals surface area (Å²) in [6.45, 7) is 1.92. The molecule has 1 aliphatic heterocycles. The molecule has 0 saturated heterocycles. The number of allylic oxidation sites excluding steroid dienone is 1. The minimum atomic E-state index is -0.120. The van der Waals surface area contributed by atoms with Crippen LogP contribution in [0.15, 0.2) is 41.8 Å². The molecule has 0 amide bonds. The van der Waals surface area contributed by atoms with Crippen molar-refractivity contribution in [3.8, 4) is 11.9 Å². The maximum absolute atomic E-state index is 9.37. The Labute approximate surface area is 116 Å². The van der Waals surface area contributed by atoms with Gasteiger partial charge in [-0.05, 0) is 18.9 Å². The van der Waals surface area contributed by atoms with Gasteiger partial charge in [0.25, 0.3) is 0 Å². The average Bonchev–Trinajstić information content (AvgIpc) is 2.81. The molecule has 5 heteroatoms. The number of H-pyrrole nitrogens is 1. The predicted molar refractivity (Wildman–Crippen MR) is 73.7 cm³/mol. The van der Waals surface area contributed by atoms with Gasteiger partial charge in [0.15, 0.2) is 0 Å². The smallest absolute Gasteiger partial charge is 0.243 e. The summed E-state index contributed by atoms with van der Waals surface area (Å²) in [7, 11) is 0. The van der Waals surface area contributed by atoms with Crippen LogP contribution in [0.2, 0.25) is 0 Å². The molecule has 1 aromatic carbocycles. The largest absolute Gasteiger partial charge is 0.420 e. The minimum absolute atomic E-state index is 0.120. The number of rotatable bonds is 2. The number of aryl methyl sites for hydroxylation is 1. The lowest BCUT2D eigenvalue weighted by Crippen LogP contribution is -2.21. The molecule has 0 aliphatic carbocycles. The first-order valence-electron chi connectivity index (χ1n) is 6.37. The lowest BCUT2D eigenvalue weighted by atomic mass is 9.85. The molecule has 2 aromatic rings. The monoisotopic (exact) mass is 266 g/mol. The van der Waals surface area contributed by atoms with E-state index < -0.39 is 0 Å². The highest BCUT2D eigenvalue weighted by atomic mass is 16.5. The molecule has 1 aromatic heterocycles. The highest BCUT2D eigenvalue weighted by Gasteiger charge is 2.32. The third-order valence-corrected chi connectivity index (χ3v) is 3.53. The normalized spacial score (nSPS) is 17.3. The van der Waals surface area contributed by atoms with Crippen LogP contribution < -0.4 is 10.5 Å². The van der Waals surface area contributed by atoms with Crippen LogP contribution in [0, 0.1) is 18.3 Å². The van der Waals surface area contributed by atoms with Gasteiger partial charge in [-0.3, -0.25) is 5.10 Å². The molecule has 0 unspecified atom stereocenters. The molecule has 3 rings (SSSR count). The molecule has 1 atom stereocenters. The van der Waals surface area contributed by atoms with Crippen molar-refractivity contribution < 1.29 is 4.74 Å². The summed E-state index contributed by atoms with van der Waals surface area (Å²) in [5.41, 5.74) is 9.27. The Hall–Kier alpha value is -2.74. The van der Waals surface area contributed by atoms with Crippen molar-refractivity contribution in [3.05, 3.63) is 58.6 Å². The van der Waals surface area contributed by atoms with E-state index in [1.807, 2.05) is 37.3 Å². The Kier molecular flexibility index (Phi) is 2.92. The lowest BCUT2D eigenvalue weighted by molar-refractivity contribution is 0.373. The predicted octanol–water partition coefficient (Wildman–Crippen LogP) is 2.13. The van der Waals surface area contributed by atoms with Gasteiger partial charge < -0.3 is 10.5 Å². The van der Waals surface area contributed by atoms with Crippen molar-refractivity contribution in [1.29, 1.82) is 5.26 Å². The molecule has 1 aliphatic rings. The molecule has 0 bridgehead atoms. The summed E-state index contributed by atoms with van der Waals surface area (Å²) in [5.74, 6) is 0.497. The second-order valence-corrected chi connectivity index (χ2v) is 4.80. The van der Waals surface area contributed by atoms with Crippen LogP contribution in [0.5, 0.6) is 5.88 Å². The van der Waals surface area contributed by atoms with E-state index in [2.05, 4.69) is 16.3 Å². The first-order valence-corrected chi connectivity index (χ1v) is 6.37. The van der Waals surface area contributed by atoms with Gasteiger partial charge in [0.05, 0.1) is 5.57 Å². The van der Waals surface area contributed by atoms with Crippen LogP contribution in [0.4, 0.5) is 0 Å². The maximum Gasteiger partial charge on any atom is 0.243 e. The van der Waals surface area contributed by atoms with Gasteiger partial charge in [0.1, 0.15) is 6.07 Å². The molecule has 100 valence electrons. The van der Waals surface area contributed by atoms with E-state index >= 15 is 0 Å². The van der Waals surface area contributed by atoms with Gasteiger partial charge in [0, 0.05) is 17.2 Å². The van der Waals surface area contributed by atoms with Crippen LogP contribution in [0.3, 0.4) is 0 Å². The summed E-state index contributed by atoms with van der Waals surface area (Å²) in [5, 5.41) is 16.4. The van der Waals surface area contributed by atoms with Crippen molar-refractivity contribution >= 4 is 0 Å². The summed E-state index contributed by atoms with van der Waals surface area (Å²) in [6, 6.07) is 12.2. The molecule has 0 spiro atoms. The number of nitrogens with two attached hydrogens (primary N) is 1. The Morgan fingerprint density at radius 2 is 2.15 bits per heavy atom. The van der Waals surface area contributed by atoms with Crippen LogP contribution in [0.1, 0.15) is 22.7 Å². The molecule has 3 N–H and O–H groups in total. The second-order valence-electron chi connectivity index (χ2n) is 4.80. The van der Waals surface area contributed by atoms with Crippen LogP contribution in [-0.2, 0) is 6.42 Å². The number of hydrogen-bond acceptors (Lipinski definition) is 4. The Balaban J connectivity index is 2.06. The Morgan fingerprint density at radius 3 is 2.85 bits per heavy atom. The summed E-state index contributed by atoms with van der Waals surface area (Å²) in [6.07, 6.45) is 0.696. The number of nitrogens with zero attached hydrogens (tertiary/aromatic N) is 2. The zero-order valence-electron chi connectivity index (χ0n) is 11.1. The SMILES string of the molecule is Cc1[nH]nc2c1[C@@H](Cc1ccccc1)C(C#N)=C(N)O2. The van der Waals surface area contributed by atoms with Crippen molar-refractivity contribution in [2.24, 2.45) is 5.73 Å². The van der Waals surface area contributed by atoms with E-state index in [0.717, 1.165) is 16.8 Å². The first-order chi connectivity index (χ1) is 9.70. The highest BCUT2D eigenvalue weighted by molar-refractivity contribution is 5.49. The van der Waals surface area contributed by atoms with Crippen molar-refractivity contribution in [2.45, 2.75) is 19.3 Å². The van der Waals surface area contributed by atoms with Crippen molar-refractivity contribution in [1.82, 2.24) is 10.2 Å². The van der Waals surface area contributed by atoms with Crippen LogP contribution >= 0.6 is 0 Å². The third kappa shape index (κ3) is 1.91. The van der Waals surface area contributed by atoms with E-state index in [-0.39, 0.29) is 11.8 Å². The fourth-order valence-corrected chi connectivity index (χ4v) is 2.57. The van der Waals surface area contributed by atoms with Gasteiger partial charge in [-0.1, -0.05) is 30.3 Å². The Bertz CT molecular complexity index is 709. The lowest BCUT2D eigenvalue weighted by Gasteiger charge is -2.23. The average molecular weight is 266 g/mol. The number of nitrogens with one attached hydrogen (secondary N) is 1. The van der Waals surface area contributed by atoms with E-state index in [0.29, 0.717) is 17.9 Å². The van der Waals surface area contributed by atoms with E-state index in [1.54, 1.807) is 0 Å². The zero-order valence-corrected chi connectivity index (χ0v) is 11.1. The van der Waals surface area contributed by atoms with E-state index in [1.165, 1.54) is 0 Å². The molecular weight excluding hydrogens is 252 g/mol. The fourth-order valence-electron chi connectivity index (χ4n) is 2.57. The number of ether oxygens (including phenoxy) is 1. The van der Waals surface area contributed by atoms with Crippen molar-refractivity contribution in [3.63, 3.8) is 0 Å². The molecule has 0 radical (unpaired) electrons. The summed E-state index contributed by atoms with van der Waals surface area (Å²) >= 11 is 0. The fraction of sp³-hybridized carbons (Fsp3) is 0.200. The Morgan fingerprint density at radius 1 is 1.40 bits per heavy atom. The second kappa shape index (κ2) is 4.74. The molecule has 0 fully saturated rings. The third-order valence-electron chi connectivity index (χ3n) is 3.53. The van der Waals surface area contributed by atoms with Gasteiger partial charge in [-0.15, -0.1) is 5.10 Å². The topological polar surface area (TPSA) is 87.7 Å². The van der Waals surface area contributed by atoms with Gasteiger partial charge in [0.2, 0.25) is 11.8 Å². The van der Waals surface area contributed by atoms with E-state index in [9.17, 15) is 5.26 Å². The number of hydrogen-bond donors (Lipinski definition) is 2. The molecule has 2 heterocycles. The highest BCUT2D eigenvalue weighted by Crippen LogP contribution is 2.40. The minimum Gasteiger partial charge on any atom is -0.420 e. The van der Waals surface area contributed by atoms with Crippen molar-refractivity contribution in [2.75, 3.05) is 0 Å². The molecular formula is C15H14N4O.